The number of rotatable bonds is 2. The third-order valence-electron chi connectivity index (χ3n) is 3.42. The summed E-state index contributed by atoms with van der Waals surface area (Å²) in [6.45, 7) is 0. The quantitative estimate of drug-likeness (QED) is 0.793. The molecule has 0 saturated heterocycles. The highest BCUT2D eigenvalue weighted by molar-refractivity contribution is 5.84. The van der Waals surface area contributed by atoms with Crippen LogP contribution in [0.3, 0.4) is 0 Å². The predicted molar refractivity (Wildman–Crippen MR) is 62.6 cm³/mol. The lowest BCUT2D eigenvalue weighted by molar-refractivity contribution is 0.636. The topological polar surface area (TPSA) is 30.9 Å². The van der Waals surface area contributed by atoms with Crippen LogP contribution >= 0.6 is 0 Å². The van der Waals surface area contributed by atoms with Crippen molar-refractivity contribution < 1.29 is 0 Å². The molecule has 0 aliphatic heterocycles. The first-order chi connectivity index (χ1) is 7.27. The summed E-state index contributed by atoms with van der Waals surface area (Å²) in [4.78, 5) is 0. The van der Waals surface area contributed by atoms with Gasteiger partial charge in [0, 0.05) is 30.2 Å². The maximum atomic E-state index is 6.27. The average Bonchev–Trinajstić information content (AvgIpc) is 3.04. The standard InChI is InChI=1S/C13H16N2/c1-15-8-11(13(14)9-6-7-9)10-4-2-3-5-12(10)15/h2-5,8-9,13H,6-7,14H2,1H3/t13-/m1/s1. The van der Waals surface area contributed by atoms with E-state index in [0.29, 0.717) is 0 Å². The van der Waals surface area contributed by atoms with E-state index in [-0.39, 0.29) is 6.04 Å². The Labute approximate surface area is 89.7 Å². The fourth-order valence-electron chi connectivity index (χ4n) is 2.35. The first-order valence-electron chi connectivity index (χ1n) is 5.57. The molecule has 0 radical (unpaired) electrons. The van der Waals surface area contributed by atoms with Crippen molar-refractivity contribution in [2.75, 3.05) is 0 Å². The van der Waals surface area contributed by atoms with Gasteiger partial charge in [-0.15, -0.1) is 0 Å². The van der Waals surface area contributed by atoms with Crippen LogP contribution in [0.2, 0.25) is 0 Å². The normalized spacial score (nSPS) is 18.3. The van der Waals surface area contributed by atoms with Gasteiger partial charge in [0.15, 0.2) is 0 Å². The van der Waals surface area contributed by atoms with E-state index in [1.54, 1.807) is 0 Å². The van der Waals surface area contributed by atoms with E-state index in [4.69, 9.17) is 5.73 Å². The lowest BCUT2D eigenvalue weighted by Gasteiger charge is -2.08. The van der Waals surface area contributed by atoms with Gasteiger partial charge >= 0.3 is 0 Å². The van der Waals surface area contributed by atoms with Gasteiger partial charge in [-0.1, -0.05) is 18.2 Å². The Hall–Kier alpha value is -1.28. The number of aryl methyl sites for hydroxylation is 1. The van der Waals surface area contributed by atoms with Crippen molar-refractivity contribution in [1.82, 2.24) is 4.57 Å². The van der Waals surface area contributed by atoms with E-state index in [9.17, 15) is 0 Å². The molecule has 1 aromatic carbocycles. The molecule has 1 aromatic heterocycles. The molecule has 0 spiro atoms. The van der Waals surface area contributed by atoms with Gasteiger partial charge in [-0.3, -0.25) is 0 Å². The Morgan fingerprint density at radius 1 is 1.33 bits per heavy atom. The molecule has 2 aromatic rings. The first kappa shape index (κ1) is 8.98. The Balaban J connectivity index is 2.17. The molecule has 2 N–H and O–H groups in total. The zero-order valence-electron chi connectivity index (χ0n) is 8.98. The molecule has 1 fully saturated rings. The summed E-state index contributed by atoms with van der Waals surface area (Å²) < 4.78 is 2.17. The number of hydrogen-bond donors (Lipinski definition) is 1. The molecule has 1 atom stereocenters. The van der Waals surface area contributed by atoms with Crippen molar-refractivity contribution in [1.29, 1.82) is 0 Å². The first-order valence-corrected chi connectivity index (χ1v) is 5.57. The van der Waals surface area contributed by atoms with Gasteiger partial charge in [0.25, 0.3) is 0 Å². The number of fused-ring (bicyclic) bond motifs is 1. The molecule has 0 bridgehead atoms. The van der Waals surface area contributed by atoms with Crippen molar-refractivity contribution in [3.63, 3.8) is 0 Å². The highest BCUT2D eigenvalue weighted by Crippen LogP contribution is 2.41. The van der Waals surface area contributed by atoms with Crippen LogP contribution in [0.15, 0.2) is 30.5 Å². The van der Waals surface area contributed by atoms with Gasteiger partial charge in [-0.25, -0.2) is 0 Å². The molecule has 1 heterocycles. The van der Waals surface area contributed by atoms with E-state index in [2.05, 4.69) is 42.1 Å². The summed E-state index contributed by atoms with van der Waals surface area (Å²) in [6, 6.07) is 8.72. The summed E-state index contributed by atoms with van der Waals surface area (Å²) in [5.74, 6) is 0.718. The largest absolute Gasteiger partial charge is 0.350 e. The molecular weight excluding hydrogens is 184 g/mol. The zero-order chi connectivity index (χ0) is 10.4. The van der Waals surface area contributed by atoms with E-state index in [1.807, 2.05) is 0 Å². The number of nitrogens with two attached hydrogens (primary N) is 1. The van der Waals surface area contributed by atoms with E-state index < -0.39 is 0 Å². The number of nitrogens with zero attached hydrogens (tertiary/aromatic N) is 1. The van der Waals surface area contributed by atoms with Gasteiger partial charge in [-0.05, 0) is 30.4 Å². The molecule has 0 amide bonds. The Bertz CT molecular complexity index is 494. The second-order valence-electron chi connectivity index (χ2n) is 4.58. The smallest absolute Gasteiger partial charge is 0.0481 e. The minimum Gasteiger partial charge on any atom is -0.350 e. The molecule has 15 heavy (non-hydrogen) atoms. The van der Waals surface area contributed by atoms with Crippen LogP contribution in [-0.2, 0) is 7.05 Å². The number of hydrogen-bond acceptors (Lipinski definition) is 1. The second-order valence-corrected chi connectivity index (χ2v) is 4.58. The van der Waals surface area contributed by atoms with E-state index in [1.165, 1.54) is 29.3 Å². The Kier molecular flexibility index (Phi) is 1.86. The lowest BCUT2D eigenvalue weighted by Crippen LogP contribution is -2.11. The molecule has 2 heteroatoms. The van der Waals surface area contributed by atoms with Crippen molar-refractivity contribution in [3.8, 4) is 0 Å². The molecule has 3 rings (SSSR count). The van der Waals surface area contributed by atoms with Crippen LogP contribution in [0.1, 0.15) is 24.4 Å². The summed E-state index contributed by atoms with van der Waals surface area (Å²) in [6.07, 6.45) is 4.78. The highest BCUT2D eigenvalue weighted by atomic mass is 14.9. The van der Waals surface area contributed by atoms with Crippen LogP contribution in [0.5, 0.6) is 0 Å². The van der Waals surface area contributed by atoms with Crippen LogP contribution in [0.25, 0.3) is 10.9 Å². The molecular formula is C13H16N2. The van der Waals surface area contributed by atoms with Gasteiger partial charge < -0.3 is 10.3 Å². The van der Waals surface area contributed by atoms with Crippen molar-refractivity contribution in [2.45, 2.75) is 18.9 Å². The maximum absolute atomic E-state index is 6.27. The average molecular weight is 200 g/mol. The van der Waals surface area contributed by atoms with E-state index >= 15 is 0 Å². The van der Waals surface area contributed by atoms with Crippen LogP contribution in [-0.4, -0.2) is 4.57 Å². The van der Waals surface area contributed by atoms with E-state index in [0.717, 1.165) is 5.92 Å². The molecule has 2 nitrogen and oxygen atoms in total. The van der Waals surface area contributed by atoms with Crippen LogP contribution < -0.4 is 5.73 Å². The number of benzene rings is 1. The van der Waals surface area contributed by atoms with Crippen LogP contribution in [0, 0.1) is 5.92 Å². The Morgan fingerprint density at radius 2 is 2.07 bits per heavy atom. The summed E-state index contributed by atoms with van der Waals surface area (Å²) in [5, 5.41) is 1.32. The van der Waals surface area contributed by atoms with Crippen molar-refractivity contribution >= 4 is 10.9 Å². The highest BCUT2D eigenvalue weighted by Gasteiger charge is 2.31. The molecule has 78 valence electrons. The lowest BCUT2D eigenvalue weighted by atomic mass is 10.0. The van der Waals surface area contributed by atoms with Gasteiger partial charge in [0.05, 0.1) is 0 Å². The van der Waals surface area contributed by atoms with Gasteiger partial charge in [0.2, 0.25) is 0 Å². The summed E-state index contributed by atoms with van der Waals surface area (Å²) in [5.41, 5.74) is 8.86. The second kappa shape index (κ2) is 3.11. The van der Waals surface area contributed by atoms with Crippen molar-refractivity contribution in [2.24, 2.45) is 18.7 Å². The number of para-hydroxylation sites is 1. The fraction of sp³-hybridized carbons (Fsp3) is 0.385. The summed E-state index contributed by atoms with van der Waals surface area (Å²) >= 11 is 0. The SMILES string of the molecule is Cn1cc([C@H](N)C2CC2)c2ccccc21. The maximum Gasteiger partial charge on any atom is 0.0481 e. The molecule has 1 aliphatic carbocycles. The fourth-order valence-corrected chi connectivity index (χ4v) is 2.35. The Morgan fingerprint density at radius 3 is 2.80 bits per heavy atom. The monoisotopic (exact) mass is 200 g/mol. The zero-order valence-corrected chi connectivity index (χ0v) is 8.98. The van der Waals surface area contributed by atoms with Gasteiger partial charge in [-0.2, -0.15) is 0 Å². The molecule has 0 unspecified atom stereocenters. The molecule has 1 aliphatic rings. The minimum atomic E-state index is 0.232. The third-order valence-corrected chi connectivity index (χ3v) is 3.42. The van der Waals surface area contributed by atoms with Crippen molar-refractivity contribution in [3.05, 3.63) is 36.0 Å². The predicted octanol–water partition coefficient (Wildman–Crippen LogP) is 2.59. The molecule has 1 saturated carbocycles. The minimum absolute atomic E-state index is 0.232. The number of aromatic nitrogens is 1. The van der Waals surface area contributed by atoms with Gasteiger partial charge in [0.1, 0.15) is 0 Å². The van der Waals surface area contributed by atoms with Crippen LogP contribution in [0.4, 0.5) is 0 Å². The summed E-state index contributed by atoms with van der Waals surface area (Å²) in [7, 11) is 2.09. The third kappa shape index (κ3) is 1.37.